The Hall–Kier alpha value is -1.66. The van der Waals surface area contributed by atoms with Crippen molar-refractivity contribution < 1.29 is 4.79 Å². The van der Waals surface area contributed by atoms with E-state index in [1.807, 2.05) is 20.8 Å². The number of rotatable bonds is 3. The zero-order valence-corrected chi connectivity index (χ0v) is 10.3. The third kappa shape index (κ3) is 3.48. The summed E-state index contributed by atoms with van der Waals surface area (Å²) in [5, 5.41) is 16.7. The zero-order chi connectivity index (χ0) is 12.3. The van der Waals surface area contributed by atoms with Crippen molar-refractivity contribution in [2.75, 3.05) is 5.32 Å². The van der Waals surface area contributed by atoms with Gasteiger partial charge in [-0.25, -0.2) is 4.68 Å². The van der Waals surface area contributed by atoms with Gasteiger partial charge >= 0.3 is 0 Å². The fourth-order valence-corrected chi connectivity index (χ4v) is 1.09. The number of nitrogens with zero attached hydrogens (tertiary/aromatic N) is 4. The van der Waals surface area contributed by atoms with Crippen LogP contribution in [-0.2, 0) is 11.8 Å². The van der Waals surface area contributed by atoms with Crippen molar-refractivity contribution in [2.45, 2.75) is 39.3 Å². The molecule has 0 bridgehead atoms. The molecule has 0 radical (unpaired) electrons. The molecule has 1 atom stereocenters. The molecule has 2 N–H and O–H groups in total. The van der Waals surface area contributed by atoms with Gasteiger partial charge in [-0.3, -0.25) is 4.79 Å². The quantitative estimate of drug-likeness (QED) is 0.753. The van der Waals surface area contributed by atoms with Gasteiger partial charge < -0.3 is 10.6 Å². The van der Waals surface area contributed by atoms with E-state index in [4.69, 9.17) is 0 Å². The van der Waals surface area contributed by atoms with Crippen molar-refractivity contribution in [2.24, 2.45) is 7.05 Å². The molecule has 1 aromatic rings. The lowest BCUT2D eigenvalue weighted by Crippen LogP contribution is -2.47. The molecule has 0 fully saturated rings. The van der Waals surface area contributed by atoms with Crippen LogP contribution in [0.4, 0.5) is 5.95 Å². The fraction of sp³-hybridized carbons (Fsp3) is 0.778. The van der Waals surface area contributed by atoms with E-state index in [1.54, 1.807) is 14.0 Å². The number of carbonyl (C=O) groups excluding carboxylic acids is 1. The molecule has 0 aliphatic heterocycles. The topological polar surface area (TPSA) is 84.7 Å². The van der Waals surface area contributed by atoms with E-state index in [0.29, 0.717) is 5.95 Å². The van der Waals surface area contributed by atoms with Crippen molar-refractivity contribution in [3.05, 3.63) is 0 Å². The van der Waals surface area contributed by atoms with E-state index >= 15 is 0 Å². The summed E-state index contributed by atoms with van der Waals surface area (Å²) in [4.78, 5) is 11.7. The summed E-state index contributed by atoms with van der Waals surface area (Å²) in [6.45, 7) is 7.56. The third-order valence-electron chi connectivity index (χ3n) is 1.86. The first-order chi connectivity index (χ1) is 7.29. The first-order valence-corrected chi connectivity index (χ1v) is 5.10. The summed E-state index contributed by atoms with van der Waals surface area (Å²) in [7, 11) is 1.71. The molecule has 7 nitrogen and oxygen atoms in total. The highest BCUT2D eigenvalue weighted by Gasteiger charge is 2.20. The summed E-state index contributed by atoms with van der Waals surface area (Å²) in [5.41, 5.74) is -0.245. The lowest BCUT2D eigenvalue weighted by atomic mass is 10.1. The number of nitrogens with one attached hydrogen (secondary N) is 2. The Bertz CT molecular complexity index is 366. The summed E-state index contributed by atoms with van der Waals surface area (Å²) in [6.07, 6.45) is 0. The van der Waals surface area contributed by atoms with Crippen LogP contribution in [0, 0.1) is 0 Å². The number of aryl methyl sites for hydroxylation is 1. The summed E-state index contributed by atoms with van der Waals surface area (Å²) >= 11 is 0. The lowest BCUT2D eigenvalue weighted by molar-refractivity contribution is -0.122. The van der Waals surface area contributed by atoms with Gasteiger partial charge in [0, 0.05) is 12.6 Å². The second-order valence-electron chi connectivity index (χ2n) is 4.73. The van der Waals surface area contributed by atoms with Crippen molar-refractivity contribution in [1.29, 1.82) is 0 Å². The number of hydrogen-bond donors (Lipinski definition) is 2. The average Bonchev–Trinajstić information content (AvgIpc) is 2.49. The average molecular weight is 226 g/mol. The first-order valence-electron chi connectivity index (χ1n) is 5.10. The minimum atomic E-state index is -0.385. The van der Waals surface area contributed by atoms with Crippen LogP contribution in [0.1, 0.15) is 27.7 Å². The number of tetrazole rings is 1. The highest BCUT2D eigenvalue weighted by molar-refractivity contribution is 5.84. The van der Waals surface area contributed by atoms with Crippen LogP contribution in [0.15, 0.2) is 0 Å². The van der Waals surface area contributed by atoms with E-state index < -0.39 is 0 Å². The van der Waals surface area contributed by atoms with Crippen LogP contribution in [0.5, 0.6) is 0 Å². The standard InChI is InChI=1S/C9H18N6O/c1-6(7(16)11-9(2,3)4)10-8-12-13-14-15(8)5/h6H,1-5H3,(H,11,16)(H,10,12,14). The van der Waals surface area contributed by atoms with Crippen molar-refractivity contribution in [1.82, 2.24) is 25.5 Å². The lowest BCUT2D eigenvalue weighted by Gasteiger charge is -2.23. The molecule has 1 heterocycles. The van der Waals surface area contributed by atoms with Gasteiger partial charge in [0.1, 0.15) is 6.04 Å². The largest absolute Gasteiger partial charge is 0.350 e. The summed E-state index contributed by atoms with van der Waals surface area (Å²) < 4.78 is 1.47. The Labute approximate surface area is 94.6 Å². The van der Waals surface area contributed by atoms with Gasteiger partial charge in [-0.15, -0.1) is 0 Å². The highest BCUT2D eigenvalue weighted by Crippen LogP contribution is 2.03. The Morgan fingerprint density at radius 3 is 2.50 bits per heavy atom. The Morgan fingerprint density at radius 2 is 2.06 bits per heavy atom. The monoisotopic (exact) mass is 226 g/mol. The molecule has 0 saturated carbocycles. The minimum Gasteiger partial charge on any atom is -0.350 e. The Morgan fingerprint density at radius 1 is 1.44 bits per heavy atom. The molecule has 1 aromatic heterocycles. The van der Waals surface area contributed by atoms with E-state index in [0.717, 1.165) is 0 Å². The zero-order valence-electron chi connectivity index (χ0n) is 10.3. The molecule has 16 heavy (non-hydrogen) atoms. The van der Waals surface area contributed by atoms with Gasteiger partial charge in [-0.05, 0) is 38.1 Å². The normalized spacial score (nSPS) is 13.3. The highest BCUT2D eigenvalue weighted by atomic mass is 16.2. The van der Waals surface area contributed by atoms with Crippen LogP contribution in [-0.4, -0.2) is 37.7 Å². The Kier molecular flexibility index (Phi) is 3.46. The van der Waals surface area contributed by atoms with Crippen LogP contribution in [0.2, 0.25) is 0 Å². The summed E-state index contributed by atoms with van der Waals surface area (Å²) in [6, 6.07) is -0.385. The van der Waals surface area contributed by atoms with E-state index in [9.17, 15) is 4.79 Å². The molecule has 0 aliphatic rings. The predicted octanol–water partition coefficient (Wildman–Crippen LogP) is -0.0748. The van der Waals surface area contributed by atoms with Gasteiger partial charge in [0.25, 0.3) is 0 Å². The molecule has 90 valence electrons. The molecule has 1 rings (SSSR count). The van der Waals surface area contributed by atoms with E-state index in [2.05, 4.69) is 26.2 Å². The fourth-order valence-electron chi connectivity index (χ4n) is 1.09. The van der Waals surface area contributed by atoms with E-state index in [-0.39, 0.29) is 17.5 Å². The second kappa shape index (κ2) is 4.46. The number of aromatic nitrogens is 4. The molecule has 7 heteroatoms. The minimum absolute atomic E-state index is 0.0875. The van der Waals surface area contributed by atoms with Gasteiger partial charge in [0.05, 0.1) is 0 Å². The first kappa shape index (κ1) is 12.4. The van der Waals surface area contributed by atoms with Crippen LogP contribution in [0.3, 0.4) is 0 Å². The van der Waals surface area contributed by atoms with Crippen LogP contribution in [0.25, 0.3) is 0 Å². The molecule has 0 aromatic carbocycles. The Balaban J connectivity index is 2.56. The molecular formula is C9H18N6O. The molecular weight excluding hydrogens is 208 g/mol. The van der Waals surface area contributed by atoms with Gasteiger partial charge in [0.15, 0.2) is 0 Å². The van der Waals surface area contributed by atoms with Crippen LogP contribution >= 0.6 is 0 Å². The number of amides is 1. The maximum atomic E-state index is 11.7. The molecule has 0 aliphatic carbocycles. The number of anilines is 1. The van der Waals surface area contributed by atoms with Gasteiger partial charge in [0.2, 0.25) is 11.9 Å². The van der Waals surface area contributed by atoms with Crippen LogP contribution < -0.4 is 10.6 Å². The molecule has 0 saturated heterocycles. The number of carbonyl (C=O) groups is 1. The van der Waals surface area contributed by atoms with Gasteiger partial charge in [-0.1, -0.05) is 5.10 Å². The third-order valence-corrected chi connectivity index (χ3v) is 1.86. The summed E-state index contributed by atoms with van der Waals surface area (Å²) in [5.74, 6) is 0.382. The van der Waals surface area contributed by atoms with Crippen molar-refractivity contribution >= 4 is 11.9 Å². The molecule has 1 unspecified atom stereocenters. The number of hydrogen-bond acceptors (Lipinski definition) is 5. The smallest absolute Gasteiger partial charge is 0.243 e. The van der Waals surface area contributed by atoms with Crippen molar-refractivity contribution in [3.8, 4) is 0 Å². The maximum absolute atomic E-state index is 11.7. The second-order valence-corrected chi connectivity index (χ2v) is 4.73. The van der Waals surface area contributed by atoms with Crippen molar-refractivity contribution in [3.63, 3.8) is 0 Å². The van der Waals surface area contributed by atoms with Gasteiger partial charge in [-0.2, -0.15) is 0 Å². The predicted molar refractivity (Wildman–Crippen MR) is 59.8 cm³/mol. The molecule has 1 amide bonds. The van der Waals surface area contributed by atoms with E-state index in [1.165, 1.54) is 4.68 Å². The SMILES string of the molecule is CC(Nc1nnnn1C)C(=O)NC(C)(C)C. The maximum Gasteiger partial charge on any atom is 0.243 e. The molecule has 0 spiro atoms.